The summed E-state index contributed by atoms with van der Waals surface area (Å²) in [6, 6.07) is 65.9. The molecule has 0 unspecified atom stereocenters. The number of aromatic nitrogens is 3. The molecular weight excluding hydrogens is 671 g/mol. The smallest absolute Gasteiger partial charge is 0.102 e. The molecule has 0 aliphatic carbocycles. The van der Waals surface area contributed by atoms with Crippen LogP contribution in [-0.4, -0.2) is 13.7 Å². The van der Waals surface area contributed by atoms with E-state index in [1.165, 1.54) is 21.8 Å². The molecule has 0 saturated carbocycles. The van der Waals surface area contributed by atoms with E-state index < -0.39 is 0 Å². The van der Waals surface area contributed by atoms with Crippen LogP contribution in [0.2, 0.25) is 0 Å². The first-order chi connectivity index (χ1) is 27.2. The second-order valence-electron chi connectivity index (χ2n) is 14.0. The Kier molecular flexibility index (Phi) is 6.61. The van der Waals surface area contributed by atoms with Gasteiger partial charge in [-0.1, -0.05) is 103 Å². The first kappa shape index (κ1) is 30.7. The van der Waals surface area contributed by atoms with Crippen molar-refractivity contribution in [2.24, 2.45) is 0 Å². The lowest BCUT2D eigenvalue weighted by atomic mass is 9.98. The molecule has 5 heteroatoms. The van der Waals surface area contributed by atoms with Gasteiger partial charge in [-0.3, -0.25) is 0 Å². The van der Waals surface area contributed by atoms with Crippen LogP contribution in [0, 0.1) is 22.7 Å². The van der Waals surface area contributed by atoms with Crippen molar-refractivity contribution in [3.05, 3.63) is 187 Å². The Labute approximate surface area is 316 Å². The Morgan fingerprint density at radius 3 is 1.51 bits per heavy atom. The molecule has 0 aliphatic rings. The van der Waals surface area contributed by atoms with Crippen LogP contribution >= 0.6 is 0 Å². The molecule has 0 aliphatic heterocycles. The van der Waals surface area contributed by atoms with Gasteiger partial charge in [-0.05, 0) is 78.4 Å². The van der Waals surface area contributed by atoms with Gasteiger partial charge in [-0.25, -0.2) is 0 Å². The van der Waals surface area contributed by atoms with Gasteiger partial charge in [0.05, 0.1) is 56.0 Å². The number of fused-ring (bicyclic) bond motifs is 9. The van der Waals surface area contributed by atoms with Crippen LogP contribution in [0.15, 0.2) is 176 Å². The summed E-state index contributed by atoms with van der Waals surface area (Å²) in [5, 5.41) is 27.6. The third-order valence-corrected chi connectivity index (χ3v) is 11.1. The second-order valence-corrected chi connectivity index (χ2v) is 14.0. The van der Waals surface area contributed by atoms with Crippen LogP contribution in [0.5, 0.6) is 0 Å². The number of benzene rings is 8. The summed E-state index contributed by atoms with van der Waals surface area (Å²) in [7, 11) is 0. The monoisotopic (exact) mass is 699 g/mol. The summed E-state index contributed by atoms with van der Waals surface area (Å²) in [5.41, 5.74) is 12.3. The molecule has 0 radical (unpaired) electrons. The van der Waals surface area contributed by atoms with Gasteiger partial charge in [0.1, 0.15) is 6.07 Å². The van der Waals surface area contributed by atoms with Gasteiger partial charge in [-0.15, -0.1) is 0 Å². The van der Waals surface area contributed by atoms with E-state index in [-0.39, 0.29) is 0 Å². The molecule has 0 atom stereocenters. The fourth-order valence-electron chi connectivity index (χ4n) is 8.78. The highest BCUT2D eigenvalue weighted by Gasteiger charge is 2.20. The molecule has 0 bridgehead atoms. The van der Waals surface area contributed by atoms with Crippen LogP contribution < -0.4 is 0 Å². The van der Waals surface area contributed by atoms with Crippen LogP contribution in [0.1, 0.15) is 11.1 Å². The van der Waals surface area contributed by atoms with Crippen molar-refractivity contribution in [2.75, 3.05) is 0 Å². The highest BCUT2D eigenvalue weighted by molar-refractivity contribution is 6.13. The van der Waals surface area contributed by atoms with Crippen LogP contribution in [-0.2, 0) is 0 Å². The summed E-state index contributed by atoms with van der Waals surface area (Å²) < 4.78 is 6.80. The van der Waals surface area contributed by atoms with Gasteiger partial charge in [0, 0.05) is 49.3 Å². The molecule has 11 aromatic rings. The van der Waals surface area contributed by atoms with Gasteiger partial charge in [0.2, 0.25) is 0 Å². The average molecular weight is 700 g/mol. The molecular formula is C50H29N5. The molecule has 254 valence electrons. The van der Waals surface area contributed by atoms with E-state index in [4.69, 9.17) is 0 Å². The molecule has 3 aromatic heterocycles. The zero-order chi connectivity index (χ0) is 36.6. The van der Waals surface area contributed by atoms with Crippen molar-refractivity contribution in [3.8, 4) is 40.3 Å². The normalized spacial score (nSPS) is 11.6. The average Bonchev–Trinajstić information content (AvgIpc) is 3.88. The Hall–Kier alpha value is -7.86. The third-order valence-electron chi connectivity index (χ3n) is 11.1. The highest BCUT2D eigenvalue weighted by Crippen LogP contribution is 2.40. The van der Waals surface area contributed by atoms with Gasteiger partial charge in [0.15, 0.2) is 0 Å². The lowest BCUT2D eigenvalue weighted by molar-refractivity contribution is 1.16. The zero-order valence-corrected chi connectivity index (χ0v) is 29.5. The van der Waals surface area contributed by atoms with Gasteiger partial charge >= 0.3 is 0 Å². The number of nitriles is 2. The first-order valence-corrected chi connectivity index (χ1v) is 18.3. The van der Waals surface area contributed by atoms with Crippen molar-refractivity contribution in [3.63, 3.8) is 0 Å². The molecule has 11 rings (SSSR count). The van der Waals surface area contributed by atoms with Crippen molar-refractivity contribution in [2.45, 2.75) is 0 Å². The maximum absolute atomic E-state index is 11.0. The number of rotatable bonds is 4. The lowest BCUT2D eigenvalue weighted by Gasteiger charge is -2.15. The summed E-state index contributed by atoms with van der Waals surface area (Å²) in [6.07, 6.45) is 0. The van der Waals surface area contributed by atoms with E-state index in [0.717, 1.165) is 71.8 Å². The zero-order valence-electron chi connectivity index (χ0n) is 29.5. The van der Waals surface area contributed by atoms with Crippen molar-refractivity contribution < 1.29 is 0 Å². The first-order valence-electron chi connectivity index (χ1n) is 18.3. The minimum absolute atomic E-state index is 0.600. The Morgan fingerprint density at radius 1 is 0.345 bits per heavy atom. The maximum Gasteiger partial charge on any atom is 0.102 e. The topological polar surface area (TPSA) is 62.4 Å². The molecule has 0 fully saturated rings. The maximum atomic E-state index is 11.0. The Morgan fingerprint density at radius 2 is 0.873 bits per heavy atom. The Bertz CT molecular complexity index is 3420. The number of para-hydroxylation sites is 4. The van der Waals surface area contributed by atoms with E-state index in [1.54, 1.807) is 0 Å². The van der Waals surface area contributed by atoms with E-state index >= 15 is 0 Å². The van der Waals surface area contributed by atoms with E-state index in [0.29, 0.717) is 11.1 Å². The quantitative estimate of drug-likeness (QED) is 0.184. The fraction of sp³-hybridized carbons (Fsp3) is 0. The summed E-state index contributed by atoms with van der Waals surface area (Å²) in [6.45, 7) is 0. The molecule has 0 amide bonds. The summed E-state index contributed by atoms with van der Waals surface area (Å²) >= 11 is 0. The minimum atomic E-state index is 0.600. The predicted molar refractivity (Wildman–Crippen MR) is 224 cm³/mol. The van der Waals surface area contributed by atoms with Gasteiger partial charge in [-0.2, -0.15) is 10.5 Å². The minimum Gasteiger partial charge on any atom is -0.309 e. The van der Waals surface area contributed by atoms with Gasteiger partial charge in [0.25, 0.3) is 0 Å². The molecule has 55 heavy (non-hydrogen) atoms. The molecule has 0 spiro atoms. The van der Waals surface area contributed by atoms with Gasteiger partial charge < -0.3 is 13.7 Å². The molecule has 0 saturated heterocycles. The number of hydrogen-bond donors (Lipinski definition) is 0. The molecule has 3 heterocycles. The van der Waals surface area contributed by atoms with Crippen LogP contribution in [0.3, 0.4) is 0 Å². The molecule has 8 aromatic carbocycles. The predicted octanol–water partition coefficient (Wildman–Crippen LogP) is 12.4. The number of hydrogen-bond acceptors (Lipinski definition) is 2. The fourth-order valence-corrected chi connectivity index (χ4v) is 8.78. The lowest BCUT2D eigenvalue weighted by Crippen LogP contribution is -2.00. The SMILES string of the molecule is N#Cc1ccc2c3ccccc3n(-c3cccc(-c4cccc(-n5c6ccccc6c6cc(-n7c8ccccc8c8ccccc87)ccc65)c4C#N)c3)c2c1. The van der Waals surface area contributed by atoms with Crippen LogP contribution in [0.25, 0.3) is 93.6 Å². The van der Waals surface area contributed by atoms with E-state index in [1.807, 2.05) is 48.5 Å². The summed E-state index contributed by atoms with van der Waals surface area (Å²) in [5.74, 6) is 0. The van der Waals surface area contributed by atoms with Crippen molar-refractivity contribution in [1.29, 1.82) is 10.5 Å². The second kappa shape index (κ2) is 11.8. The third kappa shape index (κ3) is 4.45. The highest BCUT2D eigenvalue weighted by atomic mass is 15.0. The summed E-state index contributed by atoms with van der Waals surface area (Å²) in [4.78, 5) is 0. The molecule has 0 N–H and O–H groups in total. The van der Waals surface area contributed by atoms with E-state index in [9.17, 15) is 10.5 Å². The van der Waals surface area contributed by atoms with Crippen molar-refractivity contribution >= 4 is 65.4 Å². The largest absolute Gasteiger partial charge is 0.309 e. The standard InChI is InChI=1S/C50H29N5/c51-30-32-23-25-41-39-15-3-7-20-46(39)54(50(41)27-32)34-12-9-11-33(28-34)36-17-10-22-48(43(36)31-52)55-47-21-8-4-16-40(47)42-29-35(24-26-49(42)55)53-44-18-5-1-13-37(44)38-14-2-6-19-45(38)53/h1-29H. The number of nitrogens with zero attached hydrogens (tertiary/aromatic N) is 5. The van der Waals surface area contributed by atoms with E-state index in [2.05, 4.69) is 153 Å². The van der Waals surface area contributed by atoms with Crippen LogP contribution in [0.4, 0.5) is 0 Å². The van der Waals surface area contributed by atoms with Crippen molar-refractivity contribution in [1.82, 2.24) is 13.7 Å². The Balaban J connectivity index is 1.11. The molecule has 5 nitrogen and oxygen atoms in total.